The van der Waals surface area contributed by atoms with Crippen LogP contribution in [0.2, 0.25) is 0 Å². The molecule has 1 saturated carbocycles. The molecule has 2 atom stereocenters. The number of pyridine rings is 1. The molecule has 0 radical (unpaired) electrons. The van der Waals surface area contributed by atoms with Crippen molar-refractivity contribution in [3.8, 4) is 0 Å². The van der Waals surface area contributed by atoms with Gasteiger partial charge in [-0.1, -0.05) is 19.8 Å². The number of nitrogens with zero attached hydrogens (tertiary/aromatic N) is 1. The van der Waals surface area contributed by atoms with Gasteiger partial charge in [0.25, 0.3) is 0 Å². The number of nitrogens with one attached hydrogen (secondary N) is 1. The third-order valence-corrected chi connectivity index (χ3v) is 5.20. The fraction of sp³-hybridized carbons (Fsp3) is 0.722. The van der Waals surface area contributed by atoms with Crippen LogP contribution in [-0.2, 0) is 4.74 Å². The van der Waals surface area contributed by atoms with Gasteiger partial charge in [-0.2, -0.15) is 0 Å². The summed E-state index contributed by atoms with van der Waals surface area (Å²) in [5.74, 6) is 0.645. The predicted octanol–water partition coefficient (Wildman–Crippen LogP) is 3.78. The molecule has 2 aliphatic rings. The minimum Gasteiger partial charge on any atom is -0.375 e. The number of hydrogen-bond donors (Lipinski definition) is 1. The van der Waals surface area contributed by atoms with Crippen molar-refractivity contribution in [3.05, 3.63) is 29.6 Å². The number of hydrogen-bond acceptors (Lipinski definition) is 3. The highest BCUT2D eigenvalue weighted by Crippen LogP contribution is 2.45. The molecule has 2 fully saturated rings. The second kappa shape index (κ2) is 6.45. The number of aryl methyl sites for hydroxylation is 1. The van der Waals surface area contributed by atoms with Crippen LogP contribution in [0.5, 0.6) is 0 Å². The van der Waals surface area contributed by atoms with Crippen LogP contribution in [0, 0.1) is 12.8 Å². The van der Waals surface area contributed by atoms with Gasteiger partial charge in [-0.05, 0) is 62.8 Å². The van der Waals surface area contributed by atoms with E-state index >= 15 is 0 Å². The van der Waals surface area contributed by atoms with Crippen molar-refractivity contribution >= 4 is 0 Å². The van der Waals surface area contributed by atoms with Crippen molar-refractivity contribution in [2.75, 3.05) is 13.2 Å². The third-order valence-electron chi connectivity index (χ3n) is 5.20. The second-order valence-corrected chi connectivity index (χ2v) is 6.78. The molecule has 1 aromatic heterocycles. The lowest BCUT2D eigenvalue weighted by molar-refractivity contribution is -0.0983. The largest absolute Gasteiger partial charge is 0.375 e. The average Bonchev–Trinajstić information content (AvgIpc) is 2.92. The standard InChI is InChI=1S/C18H28N2O/c1-3-19-17(16-12-14(2)6-10-20-16)15-7-11-21-18(13-15)8-4-5-9-18/h6,10,12,15,17,19H,3-5,7-9,11,13H2,1-2H3. The first kappa shape index (κ1) is 15.0. The summed E-state index contributed by atoms with van der Waals surface area (Å²) in [5, 5.41) is 3.68. The molecule has 3 nitrogen and oxygen atoms in total. The highest BCUT2D eigenvalue weighted by Gasteiger charge is 2.42. The lowest BCUT2D eigenvalue weighted by Crippen LogP contribution is -2.42. The first-order valence-corrected chi connectivity index (χ1v) is 8.52. The van der Waals surface area contributed by atoms with E-state index in [-0.39, 0.29) is 5.60 Å². The molecule has 1 saturated heterocycles. The molecule has 21 heavy (non-hydrogen) atoms. The Morgan fingerprint density at radius 3 is 2.95 bits per heavy atom. The predicted molar refractivity (Wildman–Crippen MR) is 85.3 cm³/mol. The summed E-state index contributed by atoms with van der Waals surface area (Å²) in [6, 6.07) is 4.69. The van der Waals surface area contributed by atoms with Crippen LogP contribution in [0.25, 0.3) is 0 Å². The quantitative estimate of drug-likeness (QED) is 0.915. The van der Waals surface area contributed by atoms with Gasteiger partial charge >= 0.3 is 0 Å². The van der Waals surface area contributed by atoms with Crippen LogP contribution in [0.15, 0.2) is 18.3 Å². The highest BCUT2D eigenvalue weighted by atomic mass is 16.5. The van der Waals surface area contributed by atoms with E-state index in [1.165, 1.54) is 43.4 Å². The fourth-order valence-electron chi connectivity index (χ4n) is 4.18. The van der Waals surface area contributed by atoms with Crippen molar-refractivity contribution < 1.29 is 4.74 Å². The SMILES string of the molecule is CCNC(c1cc(C)ccn1)C1CCOC2(CCCC2)C1. The van der Waals surface area contributed by atoms with Crippen LogP contribution >= 0.6 is 0 Å². The highest BCUT2D eigenvalue weighted by molar-refractivity contribution is 5.18. The van der Waals surface area contributed by atoms with Crippen LogP contribution in [-0.4, -0.2) is 23.7 Å². The Morgan fingerprint density at radius 1 is 1.43 bits per heavy atom. The molecule has 116 valence electrons. The monoisotopic (exact) mass is 288 g/mol. The summed E-state index contributed by atoms with van der Waals surface area (Å²) in [7, 11) is 0. The molecule has 2 unspecified atom stereocenters. The van der Waals surface area contributed by atoms with Gasteiger partial charge in [0.05, 0.1) is 17.3 Å². The van der Waals surface area contributed by atoms with E-state index in [0.717, 1.165) is 19.6 Å². The van der Waals surface area contributed by atoms with Crippen molar-refractivity contribution in [2.24, 2.45) is 5.92 Å². The first-order chi connectivity index (χ1) is 10.2. The van der Waals surface area contributed by atoms with E-state index in [9.17, 15) is 0 Å². The maximum atomic E-state index is 6.20. The maximum Gasteiger partial charge on any atom is 0.0686 e. The zero-order valence-corrected chi connectivity index (χ0v) is 13.4. The van der Waals surface area contributed by atoms with E-state index in [0.29, 0.717) is 12.0 Å². The van der Waals surface area contributed by atoms with Crippen molar-refractivity contribution in [2.45, 2.75) is 64.0 Å². The van der Waals surface area contributed by atoms with E-state index in [1.807, 2.05) is 6.20 Å². The molecule has 3 heteroatoms. The maximum absolute atomic E-state index is 6.20. The number of aromatic nitrogens is 1. The Kier molecular flexibility index (Phi) is 4.60. The topological polar surface area (TPSA) is 34.2 Å². The van der Waals surface area contributed by atoms with Gasteiger partial charge in [0.15, 0.2) is 0 Å². The van der Waals surface area contributed by atoms with Gasteiger partial charge in [-0.25, -0.2) is 0 Å². The molecule has 0 aromatic carbocycles. The van der Waals surface area contributed by atoms with E-state index in [1.54, 1.807) is 0 Å². The summed E-state index contributed by atoms with van der Waals surface area (Å²) >= 11 is 0. The fourth-order valence-corrected chi connectivity index (χ4v) is 4.18. The smallest absolute Gasteiger partial charge is 0.0686 e. The number of ether oxygens (including phenoxy) is 1. The summed E-state index contributed by atoms with van der Waals surface area (Å²) in [5.41, 5.74) is 2.68. The average molecular weight is 288 g/mol. The third kappa shape index (κ3) is 3.29. The molecule has 0 amide bonds. The van der Waals surface area contributed by atoms with Crippen LogP contribution in [0.3, 0.4) is 0 Å². The summed E-state index contributed by atoms with van der Waals surface area (Å²) in [4.78, 5) is 4.65. The van der Waals surface area contributed by atoms with Gasteiger partial charge < -0.3 is 10.1 Å². The Hall–Kier alpha value is -0.930. The molecule has 1 spiro atoms. The molecule has 3 rings (SSSR count). The van der Waals surface area contributed by atoms with E-state index in [2.05, 4.69) is 36.3 Å². The lowest BCUT2D eigenvalue weighted by Gasteiger charge is -2.41. The Labute approximate surface area is 128 Å². The molecule has 1 aromatic rings. The zero-order chi connectivity index (χ0) is 14.7. The Balaban J connectivity index is 1.80. The van der Waals surface area contributed by atoms with Gasteiger partial charge in [0.2, 0.25) is 0 Å². The molecule has 1 aliphatic carbocycles. The van der Waals surface area contributed by atoms with Crippen LogP contribution in [0.4, 0.5) is 0 Å². The molecule has 1 aliphatic heterocycles. The molecule has 2 heterocycles. The molecular formula is C18H28N2O. The minimum absolute atomic E-state index is 0.181. The van der Waals surface area contributed by atoms with Crippen molar-refractivity contribution in [1.29, 1.82) is 0 Å². The zero-order valence-electron chi connectivity index (χ0n) is 13.4. The van der Waals surface area contributed by atoms with E-state index in [4.69, 9.17) is 4.74 Å². The first-order valence-electron chi connectivity index (χ1n) is 8.52. The van der Waals surface area contributed by atoms with Gasteiger partial charge in [-0.15, -0.1) is 0 Å². The van der Waals surface area contributed by atoms with Crippen LogP contribution in [0.1, 0.15) is 62.7 Å². The van der Waals surface area contributed by atoms with Gasteiger partial charge in [0, 0.05) is 12.8 Å². The second-order valence-electron chi connectivity index (χ2n) is 6.78. The summed E-state index contributed by atoms with van der Waals surface area (Å²) < 4.78 is 6.20. The van der Waals surface area contributed by atoms with Gasteiger partial charge in [-0.3, -0.25) is 4.98 Å². The molecule has 1 N–H and O–H groups in total. The Morgan fingerprint density at radius 2 is 2.24 bits per heavy atom. The van der Waals surface area contributed by atoms with E-state index < -0.39 is 0 Å². The summed E-state index contributed by atoms with van der Waals surface area (Å²) in [6.45, 7) is 6.24. The summed E-state index contributed by atoms with van der Waals surface area (Å²) in [6.07, 6.45) is 9.46. The van der Waals surface area contributed by atoms with Gasteiger partial charge in [0.1, 0.15) is 0 Å². The van der Waals surface area contributed by atoms with Crippen molar-refractivity contribution in [3.63, 3.8) is 0 Å². The molecule has 0 bridgehead atoms. The minimum atomic E-state index is 0.181. The van der Waals surface area contributed by atoms with Crippen LogP contribution < -0.4 is 5.32 Å². The number of rotatable bonds is 4. The molecular weight excluding hydrogens is 260 g/mol. The normalized spacial score (nSPS) is 26.1. The lowest BCUT2D eigenvalue weighted by atomic mass is 9.79. The Bertz CT molecular complexity index is 468. The van der Waals surface area contributed by atoms with Crippen molar-refractivity contribution in [1.82, 2.24) is 10.3 Å².